The van der Waals surface area contributed by atoms with Crippen molar-refractivity contribution in [3.05, 3.63) is 64.4 Å². The van der Waals surface area contributed by atoms with E-state index in [0.29, 0.717) is 6.54 Å². The predicted molar refractivity (Wildman–Crippen MR) is 94.2 cm³/mol. The second-order valence-electron chi connectivity index (χ2n) is 4.62. The highest BCUT2D eigenvalue weighted by atomic mass is 79.9. The van der Waals surface area contributed by atoms with E-state index in [1.165, 1.54) is 5.56 Å². The molecule has 0 bridgehead atoms. The first kappa shape index (κ1) is 20.3. The predicted octanol–water partition coefficient (Wildman–Crippen LogP) is 3.69. The van der Waals surface area contributed by atoms with E-state index in [1.807, 2.05) is 24.3 Å². The molecule has 1 atom stereocenters. The molecule has 0 aliphatic rings. The van der Waals surface area contributed by atoms with Crippen LogP contribution in [-0.4, -0.2) is 16.6 Å². The van der Waals surface area contributed by atoms with Crippen LogP contribution in [0.15, 0.2) is 53.3 Å². The fourth-order valence-electron chi connectivity index (χ4n) is 1.85. The van der Waals surface area contributed by atoms with E-state index in [2.05, 4.69) is 38.4 Å². The highest BCUT2D eigenvalue weighted by molar-refractivity contribution is 9.10. The molecule has 2 aromatic rings. The van der Waals surface area contributed by atoms with Crippen LogP contribution in [0.5, 0.6) is 0 Å². The topological polar surface area (TPSA) is 45.1 Å². The Bertz CT molecular complexity index is 521. The molecule has 0 aliphatic heterocycles. The fourth-order valence-corrected chi connectivity index (χ4v) is 2.12. The van der Waals surface area contributed by atoms with Gasteiger partial charge in [0.1, 0.15) is 5.72 Å². The number of pyridine rings is 1. The average molecular weight is 394 g/mol. The molecule has 0 amide bonds. The molecule has 0 aliphatic carbocycles. The van der Waals surface area contributed by atoms with Crippen molar-refractivity contribution in [3.8, 4) is 0 Å². The molecular weight excluding hydrogens is 375 g/mol. The number of rotatable bonds is 5. The monoisotopic (exact) mass is 392 g/mol. The van der Waals surface area contributed by atoms with Gasteiger partial charge in [-0.2, -0.15) is 0 Å². The van der Waals surface area contributed by atoms with E-state index in [1.54, 1.807) is 19.3 Å². The van der Waals surface area contributed by atoms with Gasteiger partial charge in [-0.25, -0.2) is 0 Å². The largest absolute Gasteiger partial charge is 0.372 e. The van der Waals surface area contributed by atoms with Crippen LogP contribution < -0.4 is 5.32 Å². The van der Waals surface area contributed by atoms with Crippen molar-refractivity contribution in [1.82, 2.24) is 10.3 Å². The Morgan fingerprint density at radius 2 is 1.86 bits per heavy atom. The minimum absolute atomic E-state index is 0. The van der Waals surface area contributed by atoms with Gasteiger partial charge in [0.05, 0.1) is 0 Å². The van der Waals surface area contributed by atoms with Gasteiger partial charge in [-0.1, -0.05) is 34.1 Å². The molecule has 1 aromatic heterocycles. The number of nitrogens with one attached hydrogen (secondary N) is 1. The third kappa shape index (κ3) is 6.32. The fraction of sp³-hybridized carbons (Fsp3) is 0.267. The first-order chi connectivity index (χ1) is 9.08. The zero-order valence-corrected chi connectivity index (χ0v) is 14.8. The zero-order valence-electron chi connectivity index (χ0n) is 11.6. The van der Waals surface area contributed by atoms with Gasteiger partial charge >= 0.3 is 0 Å². The number of hydrogen-bond donors (Lipinski definition) is 2. The van der Waals surface area contributed by atoms with Crippen LogP contribution in [0.2, 0.25) is 0 Å². The van der Waals surface area contributed by atoms with Crippen molar-refractivity contribution in [2.75, 3.05) is 6.54 Å². The Balaban J connectivity index is 0.00000200. The molecular formula is C15H19BrCl2N2O. The van der Waals surface area contributed by atoms with Gasteiger partial charge in [0.25, 0.3) is 0 Å². The first-order valence-corrected chi connectivity index (χ1v) is 6.99. The summed E-state index contributed by atoms with van der Waals surface area (Å²) < 4.78 is 1.08. The molecule has 2 N–H and O–H groups in total. The van der Waals surface area contributed by atoms with Gasteiger partial charge in [-0.3, -0.25) is 10.3 Å². The van der Waals surface area contributed by atoms with Crippen LogP contribution >= 0.6 is 40.7 Å². The maximum absolute atomic E-state index is 10.3. The summed E-state index contributed by atoms with van der Waals surface area (Å²) in [6.07, 6.45) is 4.23. The molecule has 1 aromatic carbocycles. The SMILES string of the molecule is CC(O)(NCCc1ccc(Br)cc1)c1cccnc1.Cl.Cl. The molecule has 1 heterocycles. The molecule has 0 radical (unpaired) electrons. The van der Waals surface area contributed by atoms with E-state index in [-0.39, 0.29) is 24.8 Å². The Morgan fingerprint density at radius 1 is 1.19 bits per heavy atom. The lowest BCUT2D eigenvalue weighted by molar-refractivity contribution is 0.0203. The summed E-state index contributed by atoms with van der Waals surface area (Å²) in [7, 11) is 0. The lowest BCUT2D eigenvalue weighted by Gasteiger charge is -2.25. The highest BCUT2D eigenvalue weighted by Crippen LogP contribution is 2.16. The van der Waals surface area contributed by atoms with Crippen LogP contribution in [0.4, 0.5) is 0 Å². The summed E-state index contributed by atoms with van der Waals surface area (Å²) in [5.74, 6) is 0. The highest BCUT2D eigenvalue weighted by Gasteiger charge is 2.21. The molecule has 3 nitrogen and oxygen atoms in total. The molecule has 0 spiro atoms. The van der Waals surface area contributed by atoms with Crippen molar-refractivity contribution < 1.29 is 5.11 Å². The Kier molecular flexibility index (Phi) is 9.09. The number of halogens is 3. The summed E-state index contributed by atoms with van der Waals surface area (Å²) in [5.41, 5.74) is 0.951. The molecule has 6 heteroatoms. The Labute approximate surface area is 146 Å². The number of benzene rings is 1. The lowest BCUT2D eigenvalue weighted by Crippen LogP contribution is -2.40. The van der Waals surface area contributed by atoms with Gasteiger partial charge in [-0.05, 0) is 37.1 Å². The van der Waals surface area contributed by atoms with Crippen LogP contribution in [0, 0.1) is 0 Å². The third-order valence-corrected chi connectivity index (χ3v) is 3.55. The molecule has 0 fully saturated rings. The van der Waals surface area contributed by atoms with Crippen LogP contribution in [0.25, 0.3) is 0 Å². The maximum atomic E-state index is 10.3. The third-order valence-electron chi connectivity index (χ3n) is 3.02. The van der Waals surface area contributed by atoms with E-state index in [0.717, 1.165) is 16.5 Å². The Morgan fingerprint density at radius 3 is 2.43 bits per heavy atom. The summed E-state index contributed by atoms with van der Waals surface area (Å²) in [6.45, 7) is 2.44. The number of aliphatic hydroxyl groups is 1. The minimum Gasteiger partial charge on any atom is -0.372 e. The number of hydrogen-bond acceptors (Lipinski definition) is 3. The van der Waals surface area contributed by atoms with Crippen LogP contribution in [0.1, 0.15) is 18.1 Å². The lowest BCUT2D eigenvalue weighted by atomic mass is 10.1. The molecule has 2 rings (SSSR count). The summed E-state index contributed by atoms with van der Waals surface area (Å²) in [4.78, 5) is 4.02. The van der Waals surface area contributed by atoms with Gasteiger partial charge in [0.2, 0.25) is 0 Å². The van der Waals surface area contributed by atoms with Crippen molar-refractivity contribution in [2.24, 2.45) is 0 Å². The smallest absolute Gasteiger partial charge is 0.140 e. The number of aromatic nitrogens is 1. The first-order valence-electron chi connectivity index (χ1n) is 6.20. The maximum Gasteiger partial charge on any atom is 0.140 e. The van der Waals surface area contributed by atoms with Gasteiger partial charge in [0.15, 0.2) is 0 Å². The molecule has 21 heavy (non-hydrogen) atoms. The van der Waals surface area contributed by atoms with Crippen molar-refractivity contribution in [2.45, 2.75) is 19.1 Å². The van der Waals surface area contributed by atoms with E-state index in [9.17, 15) is 5.11 Å². The minimum atomic E-state index is -1.05. The average Bonchev–Trinajstić information content (AvgIpc) is 2.42. The van der Waals surface area contributed by atoms with Crippen LogP contribution in [0.3, 0.4) is 0 Å². The second kappa shape index (κ2) is 9.38. The molecule has 0 saturated heterocycles. The standard InChI is InChI=1S/C15H17BrN2O.2ClH/c1-15(19,13-3-2-9-17-11-13)18-10-8-12-4-6-14(16)7-5-12;;/h2-7,9,11,18-19H,8,10H2,1H3;2*1H. The van der Waals surface area contributed by atoms with Crippen molar-refractivity contribution >= 4 is 40.7 Å². The van der Waals surface area contributed by atoms with E-state index in [4.69, 9.17) is 0 Å². The summed E-state index contributed by atoms with van der Waals surface area (Å²) in [6, 6.07) is 11.9. The molecule has 1 unspecified atom stereocenters. The molecule has 116 valence electrons. The summed E-state index contributed by atoms with van der Waals surface area (Å²) in [5, 5.41) is 13.5. The zero-order chi connectivity index (χ0) is 13.7. The van der Waals surface area contributed by atoms with Crippen LogP contribution in [-0.2, 0) is 12.1 Å². The molecule has 0 saturated carbocycles. The van der Waals surface area contributed by atoms with Crippen molar-refractivity contribution in [3.63, 3.8) is 0 Å². The van der Waals surface area contributed by atoms with Gasteiger partial charge in [-0.15, -0.1) is 24.8 Å². The quantitative estimate of drug-likeness (QED) is 0.761. The van der Waals surface area contributed by atoms with Gasteiger partial charge < -0.3 is 5.11 Å². The van der Waals surface area contributed by atoms with Crippen molar-refractivity contribution in [1.29, 1.82) is 0 Å². The normalized spacial score (nSPS) is 12.7. The summed E-state index contributed by atoms with van der Waals surface area (Å²) >= 11 is 3.41. The number of nitrogens with zero attached hydrogens (tertiary/aromatic N) is 1. The van der Waals surface area contributed by atoms with E-state index < -0.39 is 5.72 Å². The van der Waals surface area contributed by atoms with E-state index >= 15 is 0 Å². The second-order valence-corrected chi connectivity index (χ2v) is 5.53. The van der Waals surface area contributed by atoms with Gasteiger partial charge in [0, 0.05) is 29.0 Å². The Hall–Kier alpha value is -0.650.